The Bertz CT molecular complexity index is 506. The molecule has 0 aromatic heterocycles. The first kappa shape index (κ1) is 12.7. The van der Waals surface area contributed by atoms with Crippen LogP contribution in [0.4, 0.5) is 0 Å². The third-order valence-electron chi connectivity index (χ3n) is 3.29. The van der Waals surface area contributed by atoms with Crippen molar-refractivity contribution in [2.24, 2.45) is 0 Å². The van der Waals surface area contributed by atoms with Gasteiger partial charge < -0.3 is 5.11 Å². The van der Waals surface area contributed by atoms with Crippen LogP contribution in [-0.4, -0.2) is 5.11 Å². The summed E-state index contributed by atoms with van der Waals surface area (Å²) in [7, 11) is 0. The summed E-state index contributed by atoms with van der Waals surface area (Å²) in [4.78, 5) is 0. The Kier molecular flexibility index (Phi) is 3.71. The number of aromatic hydroxyl groups is 1. The van der Waals surface area contributed by atoms with E-state index in [2.05, 4.69) is 39.0 Å². The van der Waals surface area contributed by atoms with Gasteiger partial charge in [0.15, 0.2) is 0 Å². The fourth-order valence-electron chi connectivity index (χ4n) is 2.46. The minimum Gasteiger partial charge on any atom is -0.508 e. The molecule has 1 atom stereocenters. The van der Waals surface area contributed by atoms with Crippen molar-refractivity contribution in [2.45, 2.75) is 33.1 Å². The zero-order valence-corrected chi connectivity index (χ0v) is 11.3. The fraction of sp³-hybridized carbons (Fsp3) is 0.294. The molecule has 1 heteroatoms. The summed E-state index contributed by atoms with van der Waals surface area (Å²) in [5, 5.41) is 9.30. The summed E-state index contributed by atoms with van der Waals surface area (Å²) in [6, 6.07) is 14.2. The molecular weight excluding hydrogens is 220 g/mol. The zero-order chi connectivity index (χ0) is 13.1. The molecule has 0 aliphatic carbocycles. The summed E-state index contributed by atoms with van der Waals surface area (Å²) in [6.07, 6.45) is 1.04. The van der Waals surface area contributed by atoms with E-state index in [0.717, 1.165) is 6.42 Å². The number of phenols is 1. The van der Waals surface area contributed by atoms with E-state index in [4.69, 9.17) is 0 Å². The Morgan fingerprint density at radius 2 is 1.50 bits per heavy atom. The highest BCUT2D eigenvalue weighted by Crippen LogP contribution is 2.23. The lowest BCUT2D eigenvalue weighted by atomic mass is 9.92. The normalized spacial score (nSPS) is 12.4. The van der Waals surface area contributed by atoms with Crippen LogP contribution in [0.5, 0.6) is 5.75 Å². The van der Waals surface area contributed by atoms with Gasteiger partial charge in [0.25, 0.3) is 0 Å². The maximum Gasteiger partial charge on any atom is 0.115 e. The number of rotatable bonds is 3. The average Bonchev–Trinajstić information content (AvgIpc) is 2.28. The van der Waals surface area contributed by atoms with E-state index >= 15 is 0 Å². The Hall–Kier alpha value is -1.76. The van der Waals surface area contributed by atoms with E-state index in [1.165, 1.54) is 22.3 Å². The number of phenolic OH excluding ortho intramolecular Hbond substituents is 1. The van der Waals surface area contributed by atoms with Crippen LogP contribution < -0.4 is 0 Å². The van der Waals surface area contributed by atoms with Crippen molar-refractivity contribution >= 4 is 0 Å². The van der Waals surface area contributed by atoms with Crippen LogP contribution in [0.15, 0.2) is 42.5 Å². The van der Waals surface area contributed by atoms with Crippen molar-refractivity contribution < 1.29 is 5.11 Å². The second kappa shape index (κ2) is 5.26. The monoisotopic (exact) mass is 240 g/mol. The molecule has 2 aromatic rings. The lowest BCUT2D eigenvalue weighted by Crippen LogP contribution is -1.99. The van der Waals surface area contributed by atoms with Gasteiger partial charge in [-0.15, -0.1) is 0 Å². The van der Waals surface area contributed by atoms with E-state index in [-0.39, 0.29) is 0 Å². The summed E-state index contributed by atoms with van der Waals surface area (Å²) in [5.74, 6) is 0.796. The number of benzene rings is 2. The lowest BCUT2D eigenvalue weighted by Gasteiger charge is -2.13. The Labute approximate surface area is 109 Å². The van der Waals surface area contributed by atoms with Crippen LogP contribution in [-0.2, 0) is 6.42 Å². The van der Waals surface area contributed by atoms with Crippen molar-refractivity contribution in [3.05, 3.63) is 64.7 Å². The van der Waals surface area contributed by atoms with Gasteiger partial charge >= 0.3 is 0 Å². The van der Waals surface area contributed by atoms with Gasteiger partial charge in [-0.25, -0.2) is 0 Å². The van der Waals surface area contributed by atoms with Crippen LogP contribution in [0.1, 0.15) is 35.1 Å². The van der Waals surface area contributed by atoms with Gasteiger partial charge in [0.2, 0.25) is 0 Å². The predicted molar refractivity (Wildman–Crippen MR) is 76.1 cm³/mol. The third-order valence-corrected chi connectivity index (χ3v) is 3.29. The molecule has 94 valence electrons. The van der Waals surface area contributed by atoms with Crippen molar-refractivity contribution in [2.75, 3.05) is 0 Å². The van der Waals surface area contributed by atoms with E-state index in [1.54, 1.807) is 12.1 Å². The first-order valence-electron chi connectivity index (χ1n) is 6.40. The first-order valence-corrected chi connectivity index (χ1v) is 6.40. The molecule has 0 spiro atoms. The van der Waals surface area contributed by atoms with Crippen molar-refractivity contribution in [3.8, 4) is 5.75 Å². The van der Waals surface area contributed by atoms with E-state index in [1.807, 2.05) is 12.1 Å². The standard InChI is InChI=1S/C17H20O/c1-12-8-13(2)10-15(9-12)11-14(3)16-4-6-17(18)7-5-16/h4-10,14,18H,11H2,1-3H3. The van der Waals surface area contributed by atoms with Gasteiger partial charge in [-0.2, -0.15) is 0 Å². The SMILES string of the molecule is Cc1cc(C)cc(CC(C)c2ccc(O)cc2)c1. The van der Waals surface area contributed by atoms with E-state index in [9.17, 15) is 5.11 Å². The molecular formula is C17H20O. The number of hydrogen-bond donors (Lipinski definition) is 1. The first-order chi connectivity index (χ1) is 8.54. The molecule has 0 amide bonds. The smallest absolute Gasteiger partial charge is 0.115 e. The second-order valence-corrected chi connectivity index (χ2v) is 5.19. The summed E-state index contributed by atoms with van der Waals surface area (Å²) >= 11 is 0. The van der Waals surface area contributed by atoms with Gasteiger partial charge in [0.1, 0.15) is 5.75 Å². The highest BCUT2D eigenvalue weighted by Gasteiger charge is 2.07. The van der Waals surface area contributed by atoms with Crippen LogP contribution in [0.2, 0.25) is 0 Å². The number of hydrogen-bond acceptors (Lipinski definition) is 1. The molecule has 0 heterocycles. The Morgan fingerprint density at radius 1 is 0.944 bits per heavy atom. The minimum atomic E-state index is 0.331. The maximum atomic E-state index is 9.30. The topological polar surface area (TPSA) is 20.2 Å². The van der Waals surface area contributed by atoms with Crippen molar-refractivity contribution in [1.29, 1.82) is 0 Å². The molecule has 1 unspecified atom stereocenters. The lowest BCUT2D eigenvalue weighted by molar-refractivity contribution is 0.475. The van der Waals surface area contributed by atoms with E-state index in [0.29, 0.717) is 11.7 Å². The van der Waals surface area contributed by atoms with Gasteiger partial charge in [-0.3, -0.25) is 0 Å². The zero-order valence-electron chi connectivity index (χ0n) is 11.3. The predicted octanol–water partition coefficient (Wildman–Crippen LogP) is 4.36. The Morgan fingerprint density at radius 3 is 2.06 bits per heavy atom. The van der Waals surface area contributed by atoms with Crippen LogP contribution >= 0.6 is 0 Å². The molecule has 2 rings (SSSR count). The fourth-order valence-corrected chi connectivity index (χ4v) is 2.46. The molecule has 0 aliphatic heterocycles. The van der Waals surface area contributed by atoms with Crippen molar-refractivity contribution in [1.82, 2.24) is 0 Å². The maximum absolute atomic E-state index is 9.30. The molecule has 0 saturated carbocycles. The second-order valence-electron chi connectivity index (χ2n) is 5.19. The van der Waals surface area contributed by atoms with Crippen molar-refractivity contribution in [3.63, 3.8) is 0 Å². The van der Waals surface area contributed by atoms with Crippen LogP contribution in [0, 0.1) is 13.8 Å². The molecule has 18 heavy (non-hydrogen) atoms. The van der Waals surface area contributed by atoms with Gasteiger partial charge in [0, 0.05) is 0 Å². The number of aryl methyl sites for hydroxylation is 2. The van der Waals surface area contributed by atoms with Gasteiger partial charge in [-0.05, 0) is 49.4 Å². The van der Waals surface area contributed by atoms with Gasteiger partial charge in [0.05, 0.1) is 0 Å². The van der Waals surface area contributed by atoms with Crippen LogP contribution in [0.3, 0.4) is 0 Å². The third kappa shape index (κ3) is 3.13. The minimum absolute atomic E-state index is 0.331. The quantitative estimate of drug-likeness (QED) is 0.845. The van der Waals surface area contributed by atoms with E-state index < -0.39 is 0 Å². The molecule has 1 N–H and O–H groups in total. The molecule has 0 bridgehead atoms. The summed E-state index contributed by atoms with van der Waals surface area (Å²) < 4.78 is 0. The Balaban J connectivity index is 2.15. The molecule has 2 aromatic carbocycles. The average molecular weight is 240 g/mol. The molecule has 0 aliphatic rings. The molecule has 0 radical (unpaired) electrons. The summed E-state index contributed by atoms with van der Waals surface area (Å²) in [6.45, 7) is 6.51. The summed E-state index contributed by atoms with van der Waals surface area (Å²) in [5.41, 5.74) is 5.30. The largest absolute Gasteiger partial charge is 0.508 e. The van der Waals surface area contributed by atoms with Crippen LogP contribution in [0.25, 0.3) is 0 Å². The van der Waals surface area contributed by atoms with Gasteiger partial charge in [-0.1, -0.05) is 48.4 Å². The highest BCUT2D eigenvalue weighted by molar-refractivity contribution is 5.32. The highest BCUT2D eigenvalue weighted by atomic mass is 16.3. The molecule has 0 fully saturated rings. The molecule has 1 nitrogen and oxygen atoms in total. The molecule has 0 saturated heterocycles.